The number of hydrogen-bond donors (Lipinski definition) is 2. The minimum Gasteiger partial charge on any atom is -0.478 e. The molecule has 88 valence electrons. The van der Waals surface area contributed by atoms with Crippen molar-refractivity contribution in [3.63, 3.8) is 0 Å². The van der Waals surface area contributed by atoms with Crippen molar-refractivity contribution < 1.29 is 19.4 Å². The zero-order valence-electron chi connectivity index (χ0n) is 8.98. The van der Waals surface area contributed by atoms with Crippen LogP contribution in [0.25, 0.3) is 0 Å². The molecule has 3 nitrogen and oxygen atoms in total. The SMILES string of the molecule is CC(O)C(C)Sc1cc(C(=O)O)ccc1F. The van der Waals surface area contributed by atoms with Crippen molar-refractivity contribution in [1.29, 1.82) is 0 Å². The van der Waals surface area contributed by atoms with E-state index in [2.05, 4.69) is 0 Å². The van der Waals surface area contributed by atoms with Crippen LogP contribution in [0.2, 0.25) is 0 Å². The van der Waals surface area contributed by atoms with Crippen molar-refractivity contribution in [3.05, 3.63) is 29.6 Å². The predicted octanol–water partition coefficient (Wildman–Crippen LogP) is 2.39. The Kier molecular flexibility index (Phi) is 4.32. The first-order valence-corrected chi connectivity index (χ1v) is 5.67. The molecule has 0 saturated carbocycles. The molecule has 0 saturated heterocycles. The van der Waals surface area contributed by atoms with Crippen LogP contribution in [0.1, 0.15) is 24.2 Å². The van der Waals surface area contributed by atoms with Gasteiger partial charge in [-0.3, -0.25) is 0 Å². The van der Waals surface area contributed by atoms with Gasteiger partial charge in [-0.05, 0) is 25.1 Å². The molecule has 0 radical (unpaired) electrons. The van der Waals surface area contributed by atoms with Gasteiger partial charge in [-0.1, -0.05) is 6.92 Å². The zero-order chi connectivity index (χ0) is 12.3. The maximum Gasteiger partial charge on any atom is 0.335 e. The Morgan fingerprint density at radius 3 is 2.56 bits per heavy atom. The van der Waals surface area contributed by atoms with Gasteiger partial charge in [-0.2, -0.15) is 0 Å². The van der Waals surface area contributed by atoms with E-state index in [4.69, 9.17) is 5.11 Å². The van der Waals surface area contributed by atoms with Gasteiger partial charge in [0, 0.05) is 10.1 Å². The number of carboxylic acids is 1. The molecule has 0 fully saturated rings. The molecule has 1 aromatic rings. The van der Waals surface area contributed by atoms with Crippen LogP contribution in [0.3, 0.4) is 0 Å². The second-order valence-corrected chi connectivity index (χ2v) is 4.93. The van der Waals surface area contributed by atoms with Crippen LogP contribution >= 0.6 is 11.8 Å². The third-order valence-corrected chi connectivity index (χ3v) is 3.50. The standard InChI is InChI=1S/C11H13FO3S/c1-6(13)7(2)16-10-5-8(11(14)15)3-4-9(10)12/h3-7,13H,1-2H3,(H,14,15). The van der Waals surface area contributed by atoms with Crippen LogP contribution in [0.4, 0.5) is 4.39 Å². The lowest BCUT2D eigenvalue weighted by Crippen LogP contribution is -2.15. The molecule has 16 heavy (non-hydrogen) atoms. The van der Waals surface area contributed by atoms with Crippen LogP contribution < -0.4 is 0 Å². The highest BCUT2D eigenvalue weighted by molar-refractivity contribution is 8.00. The highest BCUT2D eigenvalue weighted by Crippen LogP contribution is 2.28. The van der Waals surface area contributed by atoms with Gasteiger partial charge in [0.2, 0.25) is 0 Å². The normalized spacial score (nSPS) is 14.5. The minimum atomic E-state index is -1.09. The van der Waals surface area contributed by atoms with E-state index in [-0.39, 0.29) is 15.7 Å². The van der Waals surface area contributed by atoms with E-state index in [1.54, 1.807) is 13.8 Å². The number of aliphatic hydroxyl groups excluding tert-OH is 1. The molecule has 1 aromatic carbocycles. The van der Waals surface area contributed by atoms with Gasteiger partial charge in [0.15, 0.2) is 0 Å². The van der Waals surface area contributed by atoms with Crippen molar-refractivity contribution in [2.75, 3.05) is 0 Å². The molecule has 0 aliphatic carbocycles. The summed E-state index contributed by atoms with van der Waals surface area (Å²) in [6.07, 6.45) is -0.585. The van der Waals surface area contributed by atoms with E-state index in [1.165, 1.54) is 12.1 Å². The number of thioether (sulfide) groups is 1. The van der Waals surface area contributed by atoms with Gasteiger partial charge in [0.05, 0.1) is 11.7 Å². The first kappa shape index (κ1) is 13.0. The molecule has 0 aromatic heterocycles. The monoisotopic (exact) mass is 244 g/mol. The van der Waals surface area contributed by atoms with Gasteiger partial charge >= 0.3 is 5.97 Å². The Morgan fingerprint density at radius 2 is 2.06 bits per heavy atom. The smallest absolute Gasteiger partial charge is 0.335 e. The molecule has 0 bridgehead atoms. The third-order valence-electron chi connectivity index (χ3n) is 2.17. The predicted molar refractivity (Wildman–Crippen MR) is 60.4 cm³/mol. The highest BCUT2D eigenvalue weighted by Gasteiger charge is 2.15. The zero-order valence-corrected chi connectivity index (χ0v) is 9.79. The number of aliphatic hydroxyl groups is 1. The fourth-order valence-electron chi connectivity index (χ4n) is 1.03. The molecule has 0 amide bonds. The summed E-state index contributed by atoms with van der Waals surface area (Å²) in [5.74, 6) is -1.56. The Bertz CT molecular complexity index is 393. The topological polar surface area (TPSA) is 57.5 Å². The summed E-state index contributed by atoms with van der Waals surface area (Å²) >= 11 is 1.12. The van der Waals surface area contributed by atoms with Gasteiger partial charge in [-0.25, -0.2) is 9.18 Å². The molecule has 2 unspecified atom stereocenters. The van der Waals surface area contributed by atoms with Crippen molar-refractivity contribution in [3.8, 4) is 0 Å². The van der Waals surface area contributed by atoms with Crippen LogP contribution in [0.5, 0.6) is 0 Å². The fraction of sp³-hybridized carbons (Fsp3) is 0.364. The summed E-state index contributed by atoms with van der Waals surface area (Å²) in [7, 11) is 0. The second-order valence-electron chi connectivity index (χ2n) is 3.51. The molecule has 0 heterocycles. The lowest BCUT2D eigenvalue weighted by Gasteiger charge is -2.14. The van der Waals surface area contributed by atoms with E-state index >= 15 is 0 Å². The molecule has 1 rings (SSSR count). The number of carboxylic acid groups (broad SMARTS) is 1. The van der Waals surface area contributed by atoms with Crippen LogP contribution in [0.15, 0.2) is 23.1 Å². The van der Waals surface area contributed by atoms with Crippen LogP contribution in [0, 0.1) is 5.82 Å². The maximum atomic E-state index is 13.4. The van der Waals surface area contributed by atoms with Crippen LogP contribution in [-0.4, -0.2) is 27.5 Å². The number of aromatic carboxylic acids is 1. The minimum absolute atomic E-state index is 0.0432. The first-order chi connectivity index (χ1) is 7.41. The van der Waals surface area contributed by atoms with E-state index in [9.17, 15) is 14.3 Å². The number of hydrogen-bond acceptors (Lipinski definition) is 3. The molecule has 0 spiro atoms. The summed E-state index contributed by atoms with van der Waals surface area (Å²) in [4.78, 5) is 10.9. The highest BCUT2D eigenvalue weighted by atomic mass is 32.2. The summed E-state index contributed by atoms with van der Waals surface area (Å²) in [6.45, 7) is 3.36. The number of rotatable bonds is 4. The average molecular weight is 244 g/mol. The van der Waals surface area contributed by atoms with Crippen molar-refractivity contribution >= 4 is 17.7 Å². The Balaban J connectivity index is 2.94. The second kappa shape index (κ2) is 5.32. The number of benzene rings is 1. The van der Waals surface area contributed by atoms with Crippen molar-refractivity contribution in [2.24, 2.45) is 0 Å². The molecular weight excluding hydrogens is 231 g/mol. The summed E-state index contributed by atoms with van der Waals surface area (Å²) in [5, 5.41) is 17.9. The van der Waals surface area contributed by atoms with E-state index < -0.39 is 17.9 Å². The average Bonchev–Trinajstić information content (AvgIpc) is 2.20. The number of halogens is 1. The Labute approximate surface area is 97.3 Å². The van der Waals surface area contributed by atoms with Gasteiger partial charge in [-0.15, -0.1) is 11.8 Å². The maximum absolute atomic E-state index is 13.4. The van der Waals surface area contributed by atoms with Crippen molar-refractivity contribution in [2.45, 2.75) is 30.1 Å². The Morgan fingerprint density at radius 1 is 1.44 bits per heavy atom. The molecule has 5 heteroatoms. The molecule has 0 aliphatic rings. The van der Waals surface area contributed by atoms with Gasteiger partial charge in [0.1, 0.15) is 5.82 Å². The van der Waals surface area contributed by atoms with Crippen LogP contribution in [-0.2, 0) is 0 Å². The lowest BCUT2D eigenvalue weighted by molar-refractivity contribution is 0.0696. The largest absolute Gasteiger partial charge is 0.478 e. The molecule has 2 atom stereocenters. The van der Waals surface area contributed by atoms with Crippen molar-refractivity contribution in [1.82, 2.24) is 0 Å². The van der Waals surface area contributed by atoms with Gasteiger partial charge in [0.25, 0.3) is 0 Å². The molecular formula is C11H13FO3S. The van der Waals surface area contributed by atoms with Gasteiger partial charge < -0.3 is 10.2 Å². The first-order valence-electron chi connectivity index (χ1n) is 4.79. The van der Waals surface area contributed by atoms with E-state index in [0.717, 1.165) is 17.8 Å². The third kappa shape index (κ3) is 3.21. The number of carbonyl (C=O) groups is 1. The summed E-state index contributed by atoms with van der Waals surface area (Å²) < 4.78 is 13.4. The summed E-state index contributed by atoms with van der Waals surface area (Å²) in [6, 6.07) is 3.62. The van der Waals surface area contributed by atoms with E-state index in [0.29, 0.717) is 0 Å². The summed E-state index contributed by atoms with van der Waals surface area (Å²) in [5.41, 5.74) is 0.0432. The quantitative estimate of drug-likeness (QED) is 0.798. The molecule has 0 aliphatic heterocycles. The lowest BCUT2D eigenvalue weighted by atomic mass is 10.2. The molecule has 2 N–H and O–H groups in total. The van der Waals surface area contributed by atoms with E-state index in [1.807, 2.05) is 0 Å². The fourth-order valence-corrected chi connectivity index (χ4v) is 2.00. The Hall–Kier alpha value is -1.07.